The van der Waals surface area contributed by atoms with Crippen LogP contribution in [0.5, 0.6) is 0 Å². The van der Waals surface area contributed by atoms with Crippen molar-refractivity contribution in [3.63, 3.8) is 0 Å². The molecule has 0 aliphatic heterocycles. The van der Waals surface area contributed by atoms with Crippen LogP contribution < -0.4 is 10.0 Å². The van der Waals surface area contributed by atoms with E-state index in [1.807, 2.05) is 0 Å². The third kappa shape index (κ3) is 9.01. The van der Waals surface area contributed by atoms with Crippen LogP contribution in [0.4, 0.5) is 45.3 Å². The smallest absolute Gasteiger partial charge is 0.346 e. The lowest BCUT2D eigenvalue weighted by Gasteiger charge is -2.24. The highest BCUT2D eigenvalue weighted by Gasteiger charge is 2.61. The predicted molar refractivity (Wildman–Crippen MR) is 233 cm³/mol. The van der Waals surface area contributed by atoms with Gasteiger partial charge in [0.25, 0.3) is 12.3 Å². The average Bonchev–Trinajstić information content (AvgIpc) is 4.15. The van der Waals surface area contributed by atoms with Gasteiger partial charge in [0.1, 0.15) is 40.9 Å². The van der Waals surface area contributed by atoms with Gasteiger partial charge in [0, 0.05) is 29.2 Å². The predicted octanol–water partition coefficient (Wildman–Crippen LogP) is 8.43. The Morgan fingerprint density at radius 3 is 2.26 bits per heavy atom. The molecular formula is C45H37ClF9N7O5S2. The van der Waals surface area contributed by atoms with E-state index in [0.29, 0.717) is 31.7 Å². The largest absolute Gasteiger partial charge is 0.435 e. The first-order valence-electron chi connectivity index (χ1n) is 21.3. The van der Waals surface area contributed by atoms with Crippen LogP contribution in [0.25, 0.3) is 22.0 Å². The van der Waals surface area contributed by atoms with Crippen molar-refractivity contribution in [2.45, 2.75) is 111 Å². The molecule has 0 spiro atoms. The van der Waals surface area contributed by atoms with Gasteiger partial charge in [-0.05, 0) is 87.8 Å². The number of sulfonamides is 1. The molecule has 9 rings (SSSR count). The fourth-order valence-corrected chi connectivity index (χ4v) is 12.2. The number of sulfone groups is 1. The zero-order valence-electron chi connectivity index (χ0n) is 36.0. The summed E-state index contributed by atoms with van der Waals surface area (Å²) in [6.45, 7) is 0.398. The Morgan fingerprint density at radius 1 is 0.957 bits per heavy atom. The van der Waals surface area contributed by atoms with Crippen LogP contribution in [0.1, 0.15) is 91.8 Å². The van der Waals surface area contributed by atoms with Crippen molar-refractivity contribution >= 4 is 54.1 Å². The number of fused-ring (bicyclic) bond motifs is 4. The Kier molecular flexibility index (Phi) is 11.9. The summed E-state index contributed by atoms with van der Waals surface area (Å²) in [5.41, 5.74) is -4.53. The second kappa shape index (κ2) is 17.0. The summed E-state index contributed by atoms with van der Waals surface area (Å²) in [4.78, 5) is 18.9. The van der Waals surface area contributed by atoms with E-state index in [4.69, 9.17) is 11.6 Å². The number of hydrogen-bond acceptors (Lipinski definition) is 8. The molecule has 4 aliphatic carbocycles. The molecule has 2 N–H and O–H groups in total. The molecule has 69 heavy (non-hydrogen) atoms. The van der Waals surface area contributed by atoms with Crippen molar-refractivity contribution in [1.29, 1.82) is 0 Å². The Balaban J connectivity index is 1.22. The standard InChI is InChI=1S/C45H37ClF9N7O5S2/c1-43(2,68(64,65)26-7-8-26)15-14-25-6-11-28(29-12-13-32(46)37-39(29)61(20-34(49)50)59-42(37)60-69(66,67)27-9-10-27)38(56-25)33(18-22-16-23(47)19-24(48)17-22)57-35(63)21-62-41-36(40(58-62)45(53,54)55)30-4-3-5-31(30)44(41,51)52/h6,11-13,16-17,19,26-27,30-31,33-34H,5,7-10,18,20-21H2,1-2H3,(H,57,63)(H,59,60)/t30-,31+,33-/m0/s1. The first-order valence-corrected chi connectivity index (χ1v) is 24.8. The van der Waals surface area contributed by atoms with Gasteiger partial charge in [0.05, 0.1) is 50.0 Å². The van der Waals surface area contributed by atoms with Crippen molar-refractivity contribution in [3.05, 3.63) is 93.0 Å². The topological polar surface area (TPSA) is 158 Å². The van der Waals surface area contributed by atoms with Crippen molar-refractivity contribution < 1.29 is 61.1 Å². The second-order valence-electron chi connectivity index (χ2n) is 17.8. The molecule has 0 bridgehead atoms. The van der Waals surface area contributed by atoms with Gasteiger partial charge in [-0.3, -0.25) is 18.9 Å². The van der Waals surface area contributed by atoms with E-state index in [1.54, 1.807) is 0 Å². The second-order valence-corrected chi connectivity index (χ2v) is 23.0. The van der Waals surface area contributed by atoms with Gasteiger partial charge >= 0.3 is 6.18 Å². The lowest BCUT2D eigenvalue weighted by molar-refractivity contribution is -0.142. The summed E-state index contributed by atoms with van der Waals surface area (Å²) in [6, 6.07) is 5.97. The highest BCUT2D eigenvalue weighted by atomic mass is 35.5. The van der Waals surface area contributed by atoms with Gasteiger partial charge in [0.15, 0.2) is 21.3 Å². The normalized spacial score (nSPS) is 19.1. The molecule has 4 aliphatic rings. The summed E-state index contributed by atoms with van der Waals surface area (Å²) in [7, 11) is -7.87. The van der Waals surface area contributed by atoms with Gasteiger partial charge in [0.2, 0.25) is 15.9 Å². The number of halogens is 10. The van der Waals surface area contributed by atoms with E-state index in [2.05, 4.69) is 48.9 Å². The van der Waals surface area contributed by atoms with Crippen LogP contribution >= 0.6 is 11.6 Å². The van der Waals surface area contributed by atoms with Crippen molar-refractivity contribution in [1.82, 2.24) is 29.9 Å². The van der Waals surface area contributed by atoms with E-state index in [0.717, 1.165) is 16.8 Å². The van der Waals surface area contributed by atoms with E-state index in [9.17, 15) is 52.4 Å². The zero-order chi connectivity index (χ0) is 49.7. The average molecular weight is 1030 g/mol. The number of rotatable bonds is 14. The van der Waals surface area contributed by atoms with Crippen LogP contribution in [-0.2, 0) is 56.3 Å². The number of nitrogens with zero attached hydrogens (tertiary/aromatic N) is 5. The number of anilines is 1. The number of hydrogen-bond donors (Lipinski definition) is 2. The molecule has 1 amide bonds. The Morgan fingerprint density at radius 2 is 1.62 bits per heavy atom. The summed E-state index contributed by atoms with van der Waals surface area (Å²) in [5.74, 6) is -0.639. The molecule has 12 nitrogen and oxygen atoms in total. The number of nitrogens with one attached hydrogen (secondary N) is 2. The van der Waals surface area contributed by atoms with E-state index >= 15 is 8.78 Å². The first kappa shape index (κ1) is 48.3. The molecule has 5 aromatic rings. The molecule has 0 saturated heterocycles. The number of aromatic nitrogens is 5. The lowest BCUT2D eigenvalue weighted by Crippen LogP contribution is -2.35. The van der Waals surface area contributed by atoms with Gasteiger partial charge in [-0.15, -0.1) is 5.92 Å². The number of carbonyl (C=O) groups excluding carboxylic acids is 1. The van der Waals surface area contributed by atoms with E-state index in [-0.39, 0.29) is 48.7 Å². The molecule has 24 heteroatoms. The highest BCUT2D eigenvalue weighted by Crippen LogP contribution is 2.58. The van der Waals surface area contributed by atoms with Crippen molar-refractivity contribution in [2.24, 2.45) is 5.92 Å². The van der Waals surface area contributed by atoms with Crippen LogP contribution in [0.3, 0.4) is 0 Å². The Labute approximate surface area is 393 Å². The first-order chi connectivity index (χ1) is 32.3. The van der Waals surface area contributed by atoms with Gasteiger partial charge in [-0.25, -0.2) is 39.4 Å². The molecule has 2 aromatic carbocycles. The third-order valence-corrected chi connectivity index (χ3v) is 17.4. The van der Waals surface area contributed by atoms with Crippen LogP contribution in [0, 0.1) is 41.2 Å². The van der Waals surface area contributed by atoms with E-state index < -0.39 is 138 Å². The van der Waals surface area contributed by atoms with Gasteiger partial charge < -0.3 is 5.32 Å². The minimum Gasteiger partial charge on any atom is -0.346 e. The number of carbonyl (C=O) groups is 1. The highest BCUT2D eigenvalue weighted by molar-refractivity contribution is 7.94. The third-order valence-electron chi connectivity index (χ3n) is 12.4. The number of amides is 1. The molecule has 2 fully saturated rings. The van der Waals surface area contributed by atoms with Gasteiger partial charge in [-0.2, -0.15) is 32.1 Å². The molecule has 3 heterocycles. The summed E-state index contributed by atoms with van der Waals surface area (Å²) in [5, 5.41) is 8.45. The number of alkyl halides is 7. The van der Waals surface area contributed by atoms with Gasteiger partial charge in [-0.1, -0.05) is 29.5 Å². The zero-order valence-corrected chi connectivity index (χ0v) is 38.4. The minimum absolute atomic E-state index is 0.0326. The minimum atomic E-state index is -5.24. The van der Waals surface area contributed by atoms with Crippen LogP contribution in [0.2, 0.25) is 5.02 Å². The van der Waals surface area contributed by atoms with Crippen LogP contribution in [0.15, 0.2) is 42.5 Å². The molecule has 364 valence electrons. The molecular weight excluding hydrogens is 989 g/mol. The maximum atomic E-state index is 16.0. The number of pyridine rings is 1. The maximum Gasteiger partial charge on any atom is 0.435 e. The Bertz CT molecular complexity index is 3310. The monoisotopic (exact) mass is 1030 g/mol. The molecule has 0 radical (unpaired) electrons. The van der Waals surface area contributed by atoms with Crippen LogP contribution in [-0.4, -0.2) is 69.0 Å². The lowest BCUT2D eigenvalue weighted by atomic mass is 9.93. The summed E-state index contributed by atoms with van der Waals surface area (Å²) < 4.78 is 188. The van der Waals surface area contributed by atoms with E-state index in [1.165, 1.54) is 38.1 Å². The van der Waals surface area contributed by atoms with Crippen molar-refractivity contribution in [2.75, 3.05) is 4.72 Å². The van der Waals surface area contributed by atoms with Crippen molar-refractivity contribution in [3.8, 4) is 34.8 Å². The fraction of sp³-hybridized carbons (Fsp3) is 0.422. The quantitative estimate of drug-likeness (QED) is 0.0829. The summed E-state index contributed by atoms with van der Waals surface area (Å²) >= 11 is 6.65. The number of benzene rings is 2. The molecule has 2 saturated carbocycles. The maximum absolute atomic E-state index is 16.0. The fourth-order valence-electron chi connectivity index (χ4n) is 8.83. The SMILES string of the molecule is CC(C)(C#Cc1ccc(-c2ccc(Cl)c3c(NS(=O)(=O)C4CC4)nn(CC(F)F)c23)c([C@H](Cc2cc(F)cc(F)c2)NC(=O)Cn2nc(C(F)(F)F)c3c2C(F)(F)[C@@H]2CC#C[C@H]32)n1)S(=O)(=O)C1CC1. The molecule has 0 unspecified atom stereocenters. The molecule has 3 aromatic heterocycles. The summed E-state index contributed by atoms with van der Waals surface area (Å²) in [6.07, 6.45) is -7.82. The Hall–Kier alpha value is -5.78. The molecule has 3 atom stereocenters.